The quantitative estimate of drug-likeness (QED) is 0.811. The lowest BCUT2D eigenvalue weighted by Gasteiger charge is -2.29. The van der Waals surface area contributed by atoms with Gasteiger partial charge in [-0.05, 0) is 30.9 Å². The van der Waals surface area contributed by atoms with E-state index in [1.807, 2.05) is 12.1 Å². The number of phenols is 1. The molecule has 1 aliphatic rings. The maximum absolute atomic E-state index is 9.40. The first kappa shape index (κ1) is 11.3. The third-order valence-electron chi connectivity index (χ3n) is 3.58. The van der Waals surface area contributed by atoms with E-state index in [9.17, 15) is 5.11 Å². The summed E-state index contributed by atoms with van der Waals surface area (Å²) in [6.45, 7) is 2.28. The van der Waals surface area contributed by atoms with E-state index in [1.165, 1.54) is 32.1 Å². The molecule has 16 heavy (non-hydrogen) atoms. The molecule has 1 aliphatic carbocycles. The number of nitrogens with one attached hydrogen (secondary N) is 1. The predicted molar refractivity (Wildman–Crippen MR) is 67.8 cm³/mol. The standard InChI is InChI=1S/C14H21NO/c1-2-11-5-3-6-12(9-11)15-13-7-4-8-14(16)10-13/h4,7-8,10-12,15-16H,2-3,5-6,9H2,1H3. The van der Waals surface area contributed by atoms with E-state index in [0.29, 0.717) is 11.8 Å². The molecule has 0 spiro atoms. The Hall–Kier alpha value is -1.18. The molecule has 0 bridgehead atoms. The van der Waals surface area contributed by atoms with Gasteiger partial charge >= 0.3 is 0 Å². The van der Waals surface area contributed by atoms with E-state index in [4.69, 9.17) is 0 Å². The van der Waals surface area contributed by atoms with Crippen LogP contribution in [0.1, 0.15) is 39.0 Å². The van der Waals surface area contributed by atoms with E-state index in [-0.39, 0.29) is 0 Å². The molecule has 0 amide bonds. The van der Waals surface area contributed by atoms with Crippen LogP contribution in [-0.2, 0) is 0 Å². The fourth-order valence-electron chi connectivity index (χ4n) is 2.62. The van der Waals surface area contributed by atoms with Crippen LogP contribution in [0.4, 0.5) is 5.69 Å². The van der Waals surface area contributed by atoms with Crippen molar-refractivity contribution in [1.82, 2.24) is 0 Å². The van der Waals surface area contributed by atoms with Gasteiger partial charge < -0.3 is 10.4 Å². The Kier molecular flexibility index (Phi) is 3.70. The van der Waals surface area contributed by atoms with E-state index in [0.717, 1.165) is 11.6 Å². The van der Waals surface area contributed by atoms with Crippen LogP contribution in [0.15, 0.2) is 24.3 Å². The van der Waals surface area contributed by atoms with Crippen LogP contribution in [0, 0.1) is 5.92 Å². The monoisotopic (exact) mass is 219 g/mol. The zero-order chi connectivity index (χ0) is 11.4. The second-order valence-corrected chi connectivity index (χ2v) is 4.83. The molecule has 0 aromatic heterocycles. The summed E-state index contributed by atoms with van der Waals surface area (Å²) in [5, 5.41) is 12.9. The highest BCUT2D eigenvalue weighted by molar-refractivity contribution is 5.48. The van der Waals surface area contributed by atoms with Crippen molar-refractivity contribution in [2.75, 3.05) is 5.32 Å². The molecule has 0 aliphatic heterocycles. The Bertz CT molecular complexity index is 337. The van der Waals surface area contributed by atoms with Crippen molar-refractivity contribution in [2.45, 2.75) is 45.1 Å². The number of aromatic hydroxyl groups is 1. The molecule has 0 saturated heterocycles. The third kappa shape index (κ3) is 2.91. The van der Waals surface area contributed by atoms with Crippen molar-refractivity contribution in [3.05, 3.63) is 24.3 Å². The van der Waals surface area contributed by atoms with Gasteiger partial charge in [-0.25, -0.2) is 0 Å². The smallest absolute Gasteiger partial charge is 0.117 e. The lowest BCUT2D eigenvalue weighted by Crippen LogP contribution is -2.26. The Balaban J connectivity index is 1.94. The van der Waals surface area contributed by atoms with Crippen molar-refractivity contribution in [3.63, 3.8) is 0 Å². The van der Waals surface area contributed by atoms with Gasteiger partial charge in [-0.3, -0.25) is 0 Å². The molecule has 2 atom stereocenters. The van der Waals surface area contributed by atoms with Crippen molar-refractivity contribution in [2.24, 2.45) is 5.92 Å². The van der Waals surface area contributed by atoms with Gasteiger partial charge in [0.1, 0.15) is 5.75 Å². The maximum atomic E-state index is 9.40. The second-order valence-electron chi connectivity index (χ2n) is 4.83. The minimum atomic E-state index is 0.341. The summed E-state index contributed by atoms with van der Waals surface area (Å²) in [6.07, 6.45) is 6.53. The van der Waals surface area contributed by atoms with Crippen LogP contribution < -0.4 is 5.32 Å². The molecule has 1 fully saturated rings. The number of hydrogen-bond donors (Lipinski definition) is 2. The minimum Gasteiger partial charge on any atom is -0.508 e. The molecule has 88 valence electrons. The van der Waals surface area contributed by atoms with Crippen molar-refractivity contribution in [3.8, 4) is 5.75 Å². The van der Waals surface area contributed by atoms with E-state index in [2.05, 4.69) is 12.2 Å². The normalized spacial score (nSPS) is 25.3. The van der Waals surface area contributed by atoms with Gasteiger partial charge in [-0.2, -0.15) is 0 Å². The highest BCUT2D eigenvalue weighted by atomic mass is 16.3. The number of benzene rings is 1. The highest BCUT2D eigenvalue weighted by Crippen LogP contribution is 2.29. The Morgan fingerprint density at radius 3 is 3.00 bits per heavy atom. The lowest BCUT2D eigenvalue weighted by atomic mass is 9.84. The summed E-state index contributed by atoms with van der Waals surface area (Å²) in [7, 11) is 0. The third-order valence-corrected chi connectivity index (χ3v) is 3.58. The molecular weight excluding hydrogens is 198 g/mol. The highest BCUT2D eigenvalue weighted by Gasteiger charge is 2.20. The molecular formula is C14H21NO. The first-order chi connectivity index (χ1) is 7.78. The van der Waals surface area contributed by atoms with Crippen molar-refractivity contribution in [1.29, 1.82) is 0 Å². The van der Waals surface area contributed by atoms with Gasteiger partial charge in [0.2, 0.25) is 0 Å². The molecule has 2 heteroatoms. The fourth-order valence-corrected chi connectivity index (χ4v) is 2.62. The first-order valence-electron chi connectivity index (χ1n) is 6.33. The molecule has 1 aromatic carbocycles. The lowest BCUT2D eigenvalue weighted by molar-refractivity contribution is 0.327. The molecule has 2 N–H and O–H groups in total. The van der Waals surface area contributed by atoms with E-state index in [1.54, 1.807) is 12.1 Å². The Labute approximate surface area is 97.7 Å². The van der Waals surface area contributed by atoms with Gasteiger partial charge in [0, 0.05) is 17.8 Å². The first-order valence-corrected chi connectivity index (χ1v) is 6.33. The summed E-state index contributed by atoms with van der Waals surface area (Å²) in [4.78, 5) is 0. The van der Waals surface area contributed by atoms with Crippen LogP contribution in [0.25, 0.3) is 0 Å². The minimum absolute atomic E-state index is 0.341. The van der Waals surface area contributed by atoms with Crippen molar-refractivity contribution >= 4 is 5.69 Å². The van der Waals surface area contributed by atoms with Crippen LogP contribution in [0.3, 0.4) is 0 Å². The van der Waals surface area contributed by atoms with E-state index < -0.39 is 0 Å². The van der Waals surface area contributed by atoms with E-state index >= 15 is 0 Å². The zero-order valence-electron chi connectivity index (χ0n) is 9.95. The van der Waals surface area contributed by atoms with Gasteiger partial charge in [-0.15, -0.1) is 0 Å². The maximum Gasteiger partial charge on any atom is 0.117 e. The largest absolute Gasteiger partial charge is 0.508 e. The number of rotatable bonds is 3. The average molecular weight is 219 g/mol. The van der Waals surface area contributed by atoms with Crippen LogP contribution in [-0.4, -0.2) is 11.1 Å². The molecule has 1 aromatic rings. The zero-order valence-corrected chi connectivity index (χ0v) is 9.95. The van der Waals surface area contributed by atoms with Gasteiger partial charge in [0.05, 0.1) is 0 Å². The van der Waals surface area contributed by atoms with Crippen molar-refractivity contribution < 1.29 is 5.11 Å². The summed E-state index contributed by atoms with van der Waals surface area (Å²) in [5.41, 5.74) is 1.04. The second kappa shape index (κ2) is 5.24. The summed E-state index contributed by atoms with van der Waals surface area (Å²) in [6, 6.07) is 8.00. The number of phenolic OH excluding ortho intramolecular Hbond substituents is 1. The van der Waals surface area contributed by atoms with Gasteiger partial charge in [0.25, 0.3) is 0 Å². The fraction of sp³-hybridized carbons (Fsp3) is 0.571. The Morgan fingerprint density at radius 1 is 1.38 bits per heavy atom. The molecule has 2 rings (SSSR count). The average Bonchev–Trinajstić information content (AvgIpc) is 2.29. The van der Waals surface area contributed by atoms with Crippen LogP contribution >= 0.6 is 0 Å². The number of hydrogen-bond acceptors (Lipinski definition) is 2. The molecule has 2 nitrogen and oxygen atoms in total. The summed E-state index contributed by atoms with van der Waals surface area (Å²) < 4.78 is 0. The van der Waals surface area contributed by atoms with Gasteiger partial charge in [-0.1, -0.05) is 32.3 Å². The summed E-state index contributed by atoms with van der Waals surface area (Å²) >= 11 is 0. The summed E-state index contributed by atoms with van der Waals surface area (Å²) in [5.74, 6) is 1.22. The van der Waals surface area contributed by atoms with Gasteiger partial charge in [0.15, 0.2) is 0 Å². The van der Waals surface area contributed by atoms with Crippen LogP contribution in [0.5, 0.6) is 5.75 Å². The molecule has 1 saturated carbocycles. The Morgan fingerprint density at radius 2 is 2.25 bits per heavy atom. The van der Waals surface area contributed by atoms with Crippen LogP contribution in [0.2, 0.25) is 0 Å². The SMILES string of the molecule is CCC1CCCC(Nc2cccc(O)c2)C1. The molecule has 2 unspecified atom stereocenters. The number of anilines is 1. The molecule has 0 radical (unpaired) electrons. The topological polar surface area (TPSA) is 32.3 Å². The predicted octanol–water partition coefficient (Wildman–Crippen LogP) is 3.77. The molecule has 0 heterocycles.